The molecular weight excluding hydrogens is 184 g/mol. The molecule has 1 aliphatic carbocycles. The molecule has 1 N–H and O–H groups in total. The van der Waals surface area contributed by atoms with E-state index in [1.54, 1.807) is 0 Å². The molecule has 1 heteroatoms. The van der Waals surface area contributed by atoms with Crippen molar-refractivity contribution >= 4 is 0 Å². The summed E-state index contributed by atoms with van der Waals surface area (Å²) in [4.78, 5) is 0. The van der Waals surface area contributed by atoms with Crippen LogP contribution in [-0.4, -0.2) is 11.2 Å². The van der Waals surface area contributed by atoms with E-state index < -0.39 is 0 Å². The zero-order chi connectivity index (χ0) is 10.9. The van der Waals surface area contributed by atoms with E-state index in [2.05, 4.69) is 6.92 Å². The maximum Gasteiger partial charge on any atom is 0.0568 e. The Kier molecular flexibility index (Phi) is 7.08. The van der Waals surface area contributed by atoms with E-state index in [0.717, 1.165) is 6.42 Å². The van der Waals surface area contributed by atoms with Gasteiger partial charge in [0.2, 0.25) is 0 Å². The SMILES string of the molecule is CCCCCC(O)C1CCCCCCC1. The summed E-state index contributed by atoms with van der Waals surface area (Å²) in [6.45, 7) is 2.22. The van der Waals surface area contributed by atoms with Crippen molar-refractivity contribution in [2.24, 2.45) is 5.92 Å². The van der Waals surface area contributed by atoms with Crippen molar-refractivity contribution in [3.63, 3.8) is 0 Å². The Balaban J connectivity index is 2.19. The first-order chi connectivity index (χ1) is 7.34. The van der Waals surface area contributed by atoms with E-state index in [1.807, 2.05) is 0 Å². The van der Waals surface area contributed by atoms with Gasteiger partial charge in [0, 0.05) is 0 Å². The first kappa shape index (κ1) is 13.0. The fourth-order valence-electron chi connectivity index (χ4n) is 2.71. The molecule has 0 spiro atoms. The van der Waals surface area contributed by atoms with E-state index in [0.29, 0.717) is 5.92 Å². The Bertz CT molecular complexity index is 136. The van der Waals surface area contributed by atoms with Gasteiger partial charge in [-0.2, -0.15) is 0 Å². The predicted octanol–water partition coefficient (Wildman–Crippen LogP) is 4.29. The van der Waals surface area contributed by atoms with Gasteiger partial charge in [0.05, 0.1) is 6.10 Å². The van der Waals surface area contributed by atoms with E-state index in [-0.39, 0.29) is 6.10 Å². The van der Waals surface area contributed by atoms with Crippen LogP contribution in [-0.2, 0) is 0 Å². The quantitative estimate of drug-likeness (QED) is 0.674. The summed E-state index contributed by atoms with van der Waals surface area (Å²) in [5.41, 5.74) is 0. The molecule has 1 nitrogen and oxygen atoms in total. The zero-order valence-electron chi connectivity index (χ0n) is 10.4. The van der Waals surface area contributed by atoms with E-state index in [9.17, 15) is 5.11 Å². The summed E-state index contributed by atoms with van der Waals surface area (Å²) in [5, 5.41) is 10.1. The Hall–Kier alpha value is -0.0400. The monoisotopic (exact) mass is 212 g/mol. The van der Waals surface area contributed by atoms with Gasteiger partial charge >= 0.3 is 0 Å². The highest BCUT2D eigenvalue weighted by atomic mass is 16.3. The second-order valence-electron chi connectivity index (χ2n) is 5.17. The summed E-state index contributed by atoms with van der Waals surface area (Å²) >= 11 is 0. The molecule has 0 aromatic rings. The minimum Gasteiger partial charge on any atom is -0.393 e. The van der Waals surface area contributed by atoms with E-state index in [1.165, 1.54) is 64.2 Å². The molecule has 0 aromatic heterocycles. The third-order valence-corrected chi connectivity index (χ3v) is 3.80. The van der Waals surface area contributed by atoms with Gasteiger partial charge in [0.1, 0.15) is 0 Å². The largest absolute Gasteiger partial charge is 0.393 e. The van der Waals surface area contributed by atoms with Gasteiger partial charge in [-0.3, -0.25) is 0 Å². The van der Waals surface area contributed by atoms with Gasteiger partial charge in [0.25, 0.3) is 0 Å². The molecule has 1 saturated carbocycles. The first-order valence-electron chi connectivity index (χ1n) is 7.02. The Morgan fingerprint density at radius 1 is 1.00 bits per heavy atom. The van der Waals surface area contributed by atoms with Crippen LogP contribution >= 0.6 is 0 Å². The van der Waals surface area contributed by atoms with Crippen LogP contribution in [0.15, 0.2) is 0 Å². The summed E-state index contributed by atoms with van der Waals surface area (Å²) in [7, 11) is 0. The Morgan fingerprint density at radius 3 is 2.20 bits per heavy atom. The molecule has 1 rings (SSSR count). The molecule has 0 heterocycles. The lowest BCUT2D eigenvalue weighted by molar-refractivity contribution is 0.0808. The number of aliphatic hydroxyl groups is 1. The normalized spacial score (nSPS) is 22.0. The lowest BCUT2D eigenvalue weighted by Gasteiger charge is -2.24. The Morgan fingerprint density at radius 2 is 1.60 bits per heavy atom. The lowest BCUT2D eigenvalue weighted by atomic mass is 9.85. The summed E-state index contributed by atoms with van der Waals surface area (Å²) < 4.78 is 0. The van der Waals surface area contributed by atoms with E-state index in [4.69, 9.17) is 0 Å². The number of unbranched alkanes of at least 4 members (excludes halogenated alkanes) is 2. The fraction of sp³-hybridized carbons (Fsp3) is 1.00. The van der Waals surface area contributed by atoms with Gasteiger partial charge < -0.3 is 5.11 Å². The second-order valence-corrected chi connectivity index (χ2v) is 5.17. The highest BCUT2D eigenvalue weighted by Gasteiger charge is 2.19. The standard InChI is InChI=1S/C14H28O/c1-2-3-7-12-14(15)13-10-8-5-4-6-9-11-13/h13-15H,2-12H2,1H3. The van der Waals surface area contributed by atoms with Gasteiger partial charge in [-0.05, 0) is 25.2 Å². The van der Waals surface area contributed by atoms with Crippen molar-refractivity contribution in [3.05, 3.63) is 0 Å². The highest BCUT2D eigenvalue weighted by molar-refractivity contribution is 4.71. The topological polar surface area (TPSA) is 20.2 Å². The van der Waals surface area contributed by atoms with Crippen LogP contribution in [0.2, 0.25) is 0 Å². The number of aliphatic hydroxyl groups excluding tert-OH is 1. The number of hydrogen-bond donors (Lipinski definition) is 1. The number of hydrogen-bond acceptors (Lipinski definition) is 1. The molecule has 0 aromatic carbocycles. The van der Waals surface area contributed by atoms with Crippen molar-refractivity contribution in [3.8, 4) is 0 Å². The molecule has 90 valence electrons. The first-order valence-corrected chi connectivity index (χ1v) is 7.02. The van der Waals surface area contributed by atoms with Crippen molar-refractivity contribution in [1.29, 1.82) is 0 Å². The molecule has 1 aliphatic rings. The summed E-state index contributed by atoms with van der Waals surface area (Å²) in [6, 6.07) is 0. The van der Waals surface area contributed by atoms with E-state index >= 15 is 0 Å². The second kappa shape index (κ2) is 8.15. The molecule has 0 saturated heterocycles. The fourth-order valence-corrected chi connectivity index (χ4v) is 2.71. The molecule has 1 unspecified atom stereocenters. The molecule has 1 atom stereocenters. The van der Waals surface area contributed by atoms with Crippen LogP contribution in [0.1, 0.15) is 77.6 Å². The van der Waals surface area contributed by atoms with Crippen LogP contribution in [0.4, 0.5) is 0 Å². The highest BCUT2D eigenvalue weighted by Crippen LogP contribution is 2.26. The average molecular weight is 212 g/mol. The third-order valence-electron chi connectivity index (χ3n) is 3.80. The van der Waals surface area contributed by atoms with Crippen molar-refractivity contribution in [2.75, 3.05) is 0 Å². The zero-order valence-corrected chi connectivity index (χ0v) is 10.4. The molecule has 0 bridgehead atoms. The molecule has 1 fully saturated rings. The molecule has 0 radical (unpaired) electrons. The molecule has 0 amide bonds. The van der Waals surface area contributed by atoms with Crippen molar-refractivity contribution < 1.29 is 5.11 Å². The van der Waals surface area contributed by atoms with Crippen LogP contribution < -0.4 is 0 Å². The van der Waals surface area contributed by atoms with Gasteiger partial charge in [-0.15, -0.1) is 0 Å². The smallest absolute Gasteiger partial charge is 0.0568 e. The minimum absolute atomic E-state index is 0.00495. The van der Waals surface area contributed by atoms with Crippen LogP contribution in [0, 0.1) is 5.92 Å². The predicted molar refractivity (Wildman–Crippen MR) is 66.0 cm³/mol. The van der Waals surface area contributed by atoms with Gasteiger partial charge in [-0.25, -0.2) is 0 Å². The van der Waals surface area contributed by atoms with Gasteiger partial charge in [0.15, 0.2) is 0 Å². The maximum absolute atomic E-state index is 10.1. The molecular formula is C14H28O. The number of rotatable bonds is 5. The molecule has 0 aliphatic heterocycles. The van der Waals surface area contributed by atoms with Crippen molar-refractivity contribution in [1.82, 2.24) is 0 Å². The van der Waals surface area contributed by atoms with Crippen LogP contribution in [0.5, 0.6) is 0 Å². The maximum atomic E-state index is 10.1. The lowest BCUT2D eigenvalue weighted by Crippen LogP contribution is -2.21. The Labute approximate surface area is 95.3 Å². The summed E-state index contributed by atoms with van der Waals surface area (Å²) in [5.74, 6) is 0.613. The van der Waals surface area contributed by atoms with Crippen LogP contribution in [0.3, 0.4) is 0 Å². The average Bonchev–Trinajstić information content (AvgIpc) is 2.17. The summed E-state index contributed by atoms with van der Waals surface area (Å²) in [6.07, 6.45) is 14.2. The van der Waals surface area contributed by atoms with Gasteiger partial charge in [-0.1, -0.05) is 58.3 Å². The minimum atomic E-state index is -0.00495. The third kappa shape index (κ3) is 5.55. The molecule has 15 heavy (non-hydrogen) atoms. The van der Waals surface area contributed by atoms with Crippen LogP contribution in [0.25, 0.3) is 0 Å². The van der Waals surface area contributed by atoms with Crippen molar-refractivity contribution in [2.45, 2.75) is 83.7 Å².